The minimum Gasteiger partial charge on any atom is -0.248 e. The molecule has 29 heavy (non-hydrogen) atoms. The van der Waals surface area contributed by atoms with Gasteiger partial charge in [-0.1, -0.05) is 81.9 Å². The lowest BCUT2D eigenvalue weighted by Gasteiger charge is -2.05. The van der Waals surface area contributed by atoms with E-state index >= 15 is 0 Å². The minimum atomic E-state index is -0.674. The third-order valence-electron chi connectivity index (χ3n) is 5.24. The molecule has 1 aromatic carbocycles. The first-order chi connectivity index (χ1) is 14.2. The first kappa shape index (κ1) is 23.3. The molecule has 1 atom stereocenters. The van der Waals surface area contributed by atoms with E-state index < -0.39 is 6.17 Å². The molecule has 158 valence electrons. The third-order valence-corrected chi connectivity index (χ3v) is 5.24. The number of allylic oxidation sites excluding steroid dienone is 1. The van der Waals surface area contributed by atoms with Crippen molar-refractivity contribution in [2.24, 2.45) is 0 Å². The van der Waals surface area contributed by atoms with E-state index in [1.54, 1.807) is 6.92 Å². The molecule has 1 aromatic heterocycles. The van der Waals surface area contributed by atoms with Crippen LogP contribution in [-0.4, -0.2) is 16.1 Å². The number of unbranched alkanes of at least 4 members (excludes halogenated alkanes) is 7. The number of halogens is 1. The van der Waals surface area contributed by atoms with Crippen LogP contribution in [0.1, 0.15) is 89.2 Å². The summed E-state index contributed by atoms with van der Waals surface area (Å²) in [4.78, 5) is 9.05. The number of aryl methyl sites for hydroxylation is 1. The van der Waals surface area contributed by atoms with Crippen molar-refractivity contribution < 1.29 is 4.39 Å². The van der Waals surface area contributed by atoms with E-state index in [9.17, 15) is 4.39 Å². The molecule has 1 unspecified atom stereocenters. The summed E-state index contributed by atoms with van der Waals surface area (Å²) in [5, 5.41) is 0. The second-order valence-corrected chi connectivity index (χ2v) is 8.02. The average molecular weight is 397 g/mol. The molecule has 0 radical (unpaired) electrons. The molecule has 3 heteroatoms. The van der Waals surface area contributed by atoms with Gasteiger partial charge < -0.3 is 0 Å². The maximum absolute atomic E-state index is 12.8. The van der Waals surface area contributed by atoms with Crippen molar-refractivity contribution in [1.29, 1.82) is 0 Å². The van der Waals surface area contributed by atoms with Gasteiger partial charge in [-0.15, -0.1) is 0 Å². The van der Waals surface area contributed by atoms with Crippen LogP contribution in [0.2, 0.25) is 0 Å². The molecule has 2 rings (SSSR count). The van der Waals surface area contributed by atoms with Gasteiger partial charge in [0.2, 0.25) is 0 Å². The normalized spacial score (nSPS) is 12.5. The molecular formula is C26H37FN2. The standard InChI is InChI=1S/C26H37FN2/c1-3-4-5-6-7-8-11-15-24-20-28-26(29-21-24)25-18-16-23(17-19-25)14-12-9-10-13-22(2)27/h11,15-22H,3-10,12-14H2,1-2H3/b15-11+. The van der Waals surface area contributed by atoms with Gasteiger partial charge in [0, 0.05) is 23.5 Å². The first-order valence-corrected chi connectivity index (χ1v) is 11.4. The van der Waals surface area contributed by atoms with Crippen LogP contribution in [0.25, 0.3) is 17.5 Å². The molecule has 2 aromatic rings. The predicted octanol–water partition coefficient (Wildman–Crippen LogP) is 7.98. The Morgan fingerprint density at radius 1 is 0.897 bits per heavy atom. The van der Waals surface area contributed by atoms with Crippen molar-refractivity contribution in [2.75, 3.05) is 0 Å². The maximum atomic E-state index is 12.8. The Kier molecular flexibility index (Phi) is 11.3. The Balaban J connectivity index is 1.74. The first-order valence-electron chi connectivity index (χ1n) is 11.4. The van der Waals surface area contributed by atoms with E-state index in [0.29, 0.717) is 6.42 Å². The zero-order valence-corrected chi connectivity index (χ0v) is 18.2. The Bertz CT molecular complexity index is 690. The Morgan fingerprint density at radius 3 is 2.28 bits per heavy atom. The summed E-state index contributed by atoms with van der Waals surface area (Å²) in [6, 6.07) is 8.51. The fraction of sp³-hybridized carbons (Fsp3) is 0.538. The third kappa shape index (κ3) is 9.83. The van der Waals surface area contributed by atoms with Crippen LogP contribution >= 0.6 is 0 Å². The van der Waals surface area contributed by atoms with Gasteiger partial charge in [0.1, 0.15) is 0 Å². The lowest BCUT2D eigenvalue weighted by atomic mass is 10.0. The topological polar surface area (TPSA) is 25.8 Å². The highest BCUT2D eigenvalue weighted by Crippen LogP contribution is 2.17. The van der Waals surface area contributed by atoms with E-state index in [-0.39, 0.29) is 0 Å². The fourth-order valence-corrected chi connectivity index (χ4v) is 3.41. The van der Waals surface area contributed by atoms with E-state index in [4.69, 9.17) is 0 Å². The van der Waals surface area contributed by atoms with Crippen molar-refractivity contribution in [2.45, 2.75) is 90.6 Å². The smallest absolute Gasteiger partial charge is 0.159 e. The summed E-state index contributed by atoms with van der Waals surface area (Å²) in [6.45, 7) is 3.89. The largest absolute Gasteiger partial charge is 0.248 e. The number of benzene rings is 1. The Hall–Kier alpha value is -2.03. The fourth-order valence-electron chi connectivity index (χ4n) is 3.41. The summed E-state index contributed by atoms with van der Waals surface area (Å²) >= 11 is 0. The molecule has 0 aliphatic carbocycles. The summed E-state index contributed by atoms with van der Waals surface area (Å²) in [5.74, 6) is 0.769. The molecule has 0 aliphatic rings. The molecule has 2 nitrogen and oxygen atoms in total. The number of hydrogen-bond acceptors (Lipinski definition) is 2. The van der Waals surface area contributed by atoms with Crippen molar-refractivity contribution in [1.82, 2.24) is 9.97 Å². The predicted molar refractivity (Wildman–Crippen MR) is 123 cm³/mol. The summed E-state index contributed by atoms with van der Waals surface area (Å²) in [6.07, 6.45) is 20.1. The maximum Gasteiger partial charge on any atom is 0.159 e. The van der Waals surface area contributed by atoms with E-state index in [1.807, 2.05) is 12.4 Å². The van der Waals surface area contributed by atoms with E-state index in [0.717, 1.165) is 49.1 Å². The Morgan fingerprint density at radius 2 is 1.59 bits per heavy atom. The molecule has 0 bridgehead atoms. The highest BCUT2D eigenvalue weighted by molar-refractivity contribution is 5.56. The van der Waals surface area contributed by atoms with Crippen molar-refractivity contribution in [3.63, 3.8) is 0 Å². The Labute approximate surface area is 176 Å². The van der Waals surface area contributed by atoms with Crippen LogP contribution in [0.3, 0.4) is 0 Å². The molecular weight excluding hydrogens is 359 g/mol. The van der Waals surface area contributed by atoms with Crippen LogP contribution in [0.5, 0.6) is 0 Å². The van der Waals surface area contributed by atoms with Crippen LogP contribution in [0.15, 0.2) is 42.7 Å². The minimum absolute atomic E-state index is 0.674. The van der Waals surface area contributed by atoms with Crippen molar-refractivity contribution >= 4 is 6.08 Å². The van der Waals surface area contributed by atoms with Crippen LogP contribution < -0.4 is 0 Å². The van der Waals surface area contributed by atoms with E-state index in [1.165, 1.54) is 37.7 Å². The monoisotopic (exact) mass is 396 g/mol. The molecule has 0 N–H and O–H groups in total. The van der Waals surface area contributed by atoms with Crippen LogP contribution in [-0.2, 0) is 6.42 Å². The highest BCUT2D eigenvalue weighted by Gasteiger charge is 2.02. The molecule has 0 spiro atoms. The molecule has 0 aliphatic heterocycles. The summed E-state index contributed by atoms with van der Waals surface area (Å²) in [5.41, 5.74) is 3.42. The molecule has 0 saturated heterocycles. The molecule has 1 heterocycles. The number of alkyl halides is 1. The summed E-state index contributed by atoms with van der Waals surface area (Å²) < 4.78 is 12.8. The van der Waals surface area contributed by atoms with Gasteiger partial charge in [-0.25, -0.2) is 14.4 Å². The average Bonchev–Trinajstić information content (AvgIpc) is 2.74. The number of hydrogen-bond donors (Lipinski definition) is 0. The van der Waals surface area contributed by atoms with Gasteiger partial charge >= 0.3 is 0 Å². The summed E-state index contributed by atoms with van der Waals surface area (Å²) in [7, 11) is 0. The van der Waals surface area contributed by atoms with Gasteiger partial charge in [0.05, 0.1) is 6.17 Å². The van der Waals surface area contributed by atoms with Crippen LogP contribution in [0, 0.1) is 0 Å². The molecule has 0 saturated carbocycles. The number of aromatic nitrogens is 2. The van der Waals surface area contributed by atoms with Crippen molar-refractivity contribution in [3.8, 4) is 11.4 Å². The molecule has 0 amide bonds. The number of rotatable bonds is 14. The van der Waals surface area contributed by atoms with Gasteiger partial charge in [0.15, 0.2) is 5.82 Å². The SMILES string of the molecule is CCCCCCC/C=C/c1cnc(-c2ccc(CCCCCC(C)F)cc2)nc1. The number of nitrogens with zero attached hydrogens (tertiary/aromatic N) is 2. The van der Waals surface area contributed by atoms with Gasteiger partial charge in [0.25, 0.3) is 0 Å². The molecule has 0 fully saturated rings. The van der Waals surface area contributed by atoms with Gasteiger partial charge in [-0.05, 0) is 44.6 Å². The van der Waals surface area contributed by atoms with E-state index in [2.05, 4.69) is 53.3 Å². The zero-order valence-electron chi connectivity index (χ0n) is 18.2. The van der Waals surface area contributed by atoms with Gasteiger partial charge in [-0.3, -0.25) is 0 Å². The lowest BCUT2D eigenvalue weighted by molar-refractivity contribution is 0.330. The van der Waals surface area contributed by atoms with Crippen LogP contribution in [0.4, 0.5) is 4.39 Å². The van der Waals surface area contributed by atoms with Gasteiger partial charge in [-0.2, -0.15) is 0 Å². The van der Waals surface area contributed by atoms with Crippen molar-refractivity contribution in [3.05, 3.63) is 53.9 Å². The lowest BCUT2D eigenvalue weighted by Crippen LogP contribution is -1.93. The highest BCUT2D eigenvalue weighted by atomic mass is 19.1. The second-order valence-electron chi connectivity index (χ2n) is 8.02. The second kappa shape index (κ2) is 14.0. The zero-order chi connectivity index (χ0) is 20.7. The quantitative estimate of drug-likeness (QED) is 0.302.